The fourth-order valence-electron chi connectivity index (χ4n) is 1.85. The van der Waals surface area contributed by atoms with Crippen LogP contribution in [0.25, 0.3) is 0 Å². The molecule has 19 heavy (non-hydrogen) atoms. The molecular formula is C11H16N6OS. The molecule has 1 aliphatic carbocycles. The normalized spacial score (nSPS) is 15.1. The molecule has 2 aromatic rings. The molecule has 102 valence electrons. The number of hydrogen-bond donors (Lipinski definition) is 1. The Balaban J connectivity index is 1.66. The maximum Gasteiger partial charge on any atom is 0.229 e. The highest BCUT2D eigenvalue weighted by atomic mass is 32.2. The molecule has 2 aromatic heterocycles. The lowest BCUT2D eigenvalue weighted by molar-refractivity contribution is 0.375. The molecule has 7 nitrogen and oxygen atoms in total. The third-order valence-electron chi connectivity index (χ3n) is 3.03. The highest BCUT2D eigenvalue weighted by Gasteiger charge is 2.29. The van der Waals surface area contributed by atoms with Crippen molar-refractivity contribution in [3.05, 3.63) is 17.5 Å². The summed E-state index contributed by atoms with van der Waals surface area (Å²) in [5.74, 6) is 3.42. The third-order valence-corrected chi connectivity index (χ3v) is 4.00. The van der Waals surface area contributed by atoms with Crippen molar-refractivity contribution >= 4 is 11.8 Å². The Hall–Kier alpha value is -1.41. The number of aromatic nitrogens is 5. The van der Waals surface area contributed by atoms with Gasteiger partial charge in [0, 0.05) is 12.5 Å². The van der Waals surface area contributed by atoms with Crippen LogP contribution in [-0.2, 0) is 18.8 Å². The Labute approximate surface area is 115 Å². The third kappa shape index (κ3) is 2.64. The van der Waals surface area contributed by atoms with Gasteiger partial charge in [0.25, 0.3) is 0 Å². The van der Waals surface area contributed by atoms with Gasteiger partial charge in [0.15, 0.2) is 11.0 Å². The summed E-state index contributed by atoms with van der Waals surface area (Å²) in [6.45, 7) is 3.25. The van der Waals surface area contributed by atoms with Gasteiger partial charge in [-0.2, -0.15) is 4.98 Å². The molecule has 0 spiro atoms. The van der Waals surface area contributed by atoms with Crippen LogP contribution in [0, 0.1) is 0 Å². The molecule has 2 N–H and O–H groups in total. The molecule has 0 unspecified atom stereocenters. The van der Waals surface area contributed by atoms with E-state index < -0.39 is 0 Å². The Bertz CT molecular complexity index is 561. The zero-order chi connectivity index (χ0) is 13.2. The summed E-state index contributed by atoms with van der Waals surface area (Å²) in [6, 6.07) is 0. The van der Waals surface area contributed by atoms with Gasteiger partial charge in [0.2, 0.25) is 5.89 Å². The van der Waals surface area contributed by atoms with Crippen molar-refractivity contribution < 1.29 is 4.52 Å². The molecular weight excluding hydrogens is 264 g/mol. The quantitative estimate of drug-likeness (QED) is 0.797. The maximum absolute atomic E-state index is 5.62. The van der Waals surface area contributed by atoms with Crippen LogP contribution in [0.15, 0.2) is 9.68 Å². The minimum Gasteiger partial charge on any atom is -0.339 e. The van der Waals surface area contributed by atoms with E-state index in [-0.39, 0.29) is 0 Å². The van der Waals surface area contributed by atoms with E-state index in [2.05, 4.69) is 20.3 Å². The summed E-state index contributed by atoms with van der Waals surface area (Å²) >= 11 is 1.56. The number of hydrogen-bond acceptors (Lipinski definition) is 7. The molecule has 1 aliphatic rings. The van der Waals surface area contributed by atoms with E-state index in [4.69, 9.17) is 10.3 Å². The van der Waals surface area contributed by atoms with Crippen molar-refractivity contribution in [2.24, 2.45) is 5.73 Å². The average Bonchev–Trinajstić information content (AvgIpc) is 3.04. The van der Waals surface area contributed by atoms with Crippen molar-refractivity contribution in [3.63, 3.8) is 0 Å². The van der Waals surface area contributed by atoms with E-state index in [1.807, 2.05) is 11.5 Å². The summed E-state index contributed by atoms with van der Waals surface area (Å²) in [5.41, 5.74) is 5.62. The van der Waals surface area contributed by atoms with Gasteiger partial charge >= 0.3 is 0 Å². The summed E-state index contributed by atoms with van der Waals surface area (Å²) in [4.78, 5) is 4.39. The second kappa shape index (κ2) is 5.30. The lowest BCUT2D eigenvalue weighted by Crippen LogP contribution is -2.08. The van der Waals surface area contributed by atoms with Gasteiger partial charge in [-0.25, -0.2) is 0 Å². The van der Waals surface area contributed by atoms with Crippen LogP contribution in [0.3, 0.4) is 0 Å². The Kier molecular flexibility index (Phi) is 3.52. The fourth-order valence-corrected chi connectivity index (χ4v) is 2.71. The molecule has 0 bridgehead atoms. The first kappa shape index (κ1) is 12.6. The van der Waals surface area contributed by atoms with Crippen LogP contribution in [-0.4, -0.2) is 24.9 Å². The highest BCUT2D eigenvalue weighted by molar-refractivity contribution is 7.98. The average molecular weight is 280 g/mol. The molecule has 0 amide bonds. The van der Waals surface area contributed by atoms with Crippen LogP contribution in [0.5, 0.6) is 0 Å². The van der Waals surface area contributed by atoms with E-state index in [1.54, 1.807) is 11.8 Å². The van der Waals surface area contributed by atoms with Crippen molar-refractivity contribution in [2.45, 2.75) is 49.7 Å². The summed E-state index contributed by atoms with van der Waals surface area (Å²) in [5, 5.41) is 13.0. The monoisotopic (exact) mass is 280 g/mol. The number of rotatable bonds is 6. The Morgan fingerprint density at radius 2 is 2.26 bits per heavy atom. The number of thioether (sulfide) groups is 1. The lowest BCUT2D eigenvalue weighted by atomic mass is 10.4. The van der Waals surface area contributed by atoms with E-state index in [9.17, 15) is 0 Å². The molecule has 0 saturated heterocycles. The zero-order valence-corrected chi connectivity index (χ0v) is 11.6. The van der Waals surface area contributed by atoms with Crippen LogP contribution >= 0.6 is 11.8 Å². The van der Waals surface area contributed by atoms with E-state index in [0.29, 0.717) is 24.0 Å². The van der Waals surface area contributed by atoms with Crippen LogP contribution in [0.2, 0.25) is 0 Å². The molecule has 2 heterocycles. The van der Waals surface area contributed by atoms with Crippen LogP contribution in [0.4, 0.5) is 0 Å². The molecule has 8 heteroatoms. The first-order valence-electron chi connectivity index (χ1n) is 6.39. The van der Waals surface area contributed by atoms with E-state index in [0.717, 1.165) is 23.4 Å². The second-order valence-electron chi connectivity index (χ2n) is 4.46. The van der Waals surface area contributed by atoms with E-state index >= 15 is 0 Å². The molecule has 0 aromatic carbocycles. The van der Waals surface area contributed by atoms with Crippen LogP contribution < -0.4 is 5.73 Å². The predicted octanol–water partition coefficient (Wildman–Crippen LogP) is 1.31. The van der Waals surface area contributed by atoms with Gasteiger partial charge in [-0.1, -0.05) is 16.9 Å². The van der Waals surface area contributed by atoms with Crippen molar-refractivity contribution in [3.8, 4) is 0 Å². The van der Waals surface area contributed by atoms with Gasteiger partial charge < -0.3 is 14.8 Å². The molecule has 3 rings (SSSR count). The molecule has 1 saturated carbocycles. The topological polar surface area (TPSA) is 95.7 Å². The Morgan fingerprint density at radius 1 is 1.42 bits per heavy atom. The van der Waals surface area contributed by atoms with Gasteiger partial charge in [-0.3, -0.25) is 0 Å². The first-order chi connectivity index (χ1) is 9.31. The molecule has 0 atom stereocenters. The minimum atomic E-state index is 0.398. The Morgan fingerprint density at radius 3 is 2.95 bits per heavy atom. The van der Waals surface area contributed by atoms with Crippen molar-refractivity contribution in [2.75, 3.05) is 0 Å². The summed E-state index contributed by atoms with van der Waals surface area (Å²) in [6.07, 6.45) is 2.33. The fraction of sp³-hybridized carbons (Fsp3) is 0.636. The standard InChI is InChI=1S/C11H16N6OS/c1-2-17-9(5-12)14-15-11(17)19-6-8-13-10(18-16-8)7-3-4-7/h7H,2-6,12H2,1H3. The first-order valence-corrected chi connectivity index (χ1v) is 7.37. The summed E-state index contributed by atoms with van der Waals surface area (Å²) in [7, 11) is 0. The van der Waals surface area contributed by atoms with Crippen molar-refractivity contribution in [1.29, 1.82) is 0 Å². The number of nitrogens with zero attached hydrogens (tertiary/aromatic N) is 5. The smallest absolute Gasteiger partial charge is 0.229 e. The van der Waals surface area contributed by atoms with Gasteiger partial charge in [-0.05, 0) is 19.8 Å². The zero-order valence-electron chi connectivity index (χ0n) is 10.7. The molecule has 0 radical (unpaired) electrons. The minimum absolute atomic E-state index is 0.398. The largest absolute Gasteiger partial charge is 0.339 e. The van der Waals surface area contributed by atoms with Gasteiger partial charge in [0.05, 0.1) is 12.3 Å². The highest BCUT2D eigenvalue weighted by Crippen LogP contribution is 2.39. The predicted molar refractivity (Wildman–Crippen MR) is 69.4 cm³/mol. The van der Waals surface area contributed by atoms with Gasteiger partial charge in [-0.15, -0.1) is 10.2 Å². The van der Waals surface area contributed by atoms with Gasteiger partial charge in [0.1, 0.15) is 5.82 Å². The van der Waals surface area contributed by atoms with Crippen LogP contribution in [0.1, 0.15) is 43.2 Å². The SMILES string of the molecule is CCn1c(CN)nnc1SCc1noc(C2CC2)n1. The number of nitrogens with two attached hydrogens (primary N) is 1. The molecule has 0 aliphatic heterocycles. The molecule has 1 fully saturated rings. The van der Waals surface area contributed by atoms with Crippen molar-refractivity contribution in [1.82, 2.24) is 24.9 Å². The van der Waals surface area contributed by atoms with E-state index in [1.165, 1.54) is 12.8 Å². The maximum atomic E-state index is 5.62. The summed E-state index contributed by atoms with van der Waals surface area (Å²) < 4.78 is 7.23. The second-order valence-corrected chi connectivity index (χ2v) is 5.40. The lowest BCUT2D eigenvalue weighted by Gasteiger charge is -2.04.